The minimum absolute atomic E-state index is 0.145. The van der Waals surface area contributed by atoms with Crippen molar-refractivity contribution < 1.29 is 4.79 Å². The second-order valence-electron chi connectivity index (χ2n) is 7.77. The van der Waals surface area contributed by atoms with Crippen molar-refractivity contribution in [3.05, 3.63) is 84.3 Å². The van der Waals surface area contributed by atoms with Crippen molar-refractivity contribution in [2.45, 2.75) is 5.92 Å². The fourth-order valence-electron chi connectivity index (χ4n) is 4.29. The molecular formula is C24H24N6O. The molecule has 0 spiro atoms. The number of aromatic nitrogens is 4. The van der Waals surface area contributed by atoms with E-state index in [2.05, 4.69) is 20.0 Å². The molecule has 3 heterocycles. The van der Waals surface area contributed by atoms with Gasteiger partial charge in [0.05, 0.1) is 17.5 Å². The molecule has 7 nitrogen and oxygen atoms in total. The highest BCUT2D eigenvalue weighted by Crippen LogP contribution is 2.28. The summed E-state index contributed by atoms with van der Waals surface area (Å²) >= 11 is 0. The third-order valence-corrected chi connectivity index (χ3v) is 5.91. The molecule has 0 unspecified atom stereocenters. The van der Waals surface area contributed by atoms with Gasteiger partial charge >= 0.3 is 0 Å². The maximum absolute atomic E-state index is 13.6. The second kappa shape index (κ2) is 8.18. The number of aryl methyl sites for hydroxylation is 1. The Kier molecular flexibility index (Phi) is 5.08. The monoisotopic (exact) mass is 412 g/mol. The molecular weight excluding hydrogens is 388 g/mol. The third-order valence-electron chi connectivity index (χ3n) is 5.91. The SMILES string of the molecule is Cn1ncc2c(N3CCN(C(=O)C(c4ccccc4)c4ccccc4)CC3)ncnc21. The maximum Gasteiger partial charge on any atom is 0.234 e. The number of fused-ring (bicyclic) bond motifs is 1. The molecule has 0 N–H and O–H groups in total. The number of carbonyl (C=O) groups is 1. The molecule has 1 amide bonds. The van der Waals surface area contributed by atoms with Crippen LogP contribution in [0.1, 0.15) is 17.0 Å². The van der Waals surface area contributed by atoms with E-state index < -0.39 is 0 Å². The number of carbonyl (C=O) groups excluding carboxylic acids is 1. The van der Waals surface area contributed by atoms with Gasteiger partial charge in [-0.05, 0) is 11.1 Å². The predicted molar refractivity (Wildman–Crippen MR) is 120 cm³/mol. The molecule has 0 bridgehead atoms. The highest BCUT2D eigenvalue weighted by atomic mass is 16.2. The molecule has 1 fully saturated rings. The Morgan fingerprint density at radius 3 is 2.10 bits per heavy atom. The number of hydrogen-bond acceptors (Lipinski definition) is 5. The standard InChI is InChI=1S/C24H24N6O/c1-28-22-20(16-27-28)23(26-17-25-22)29-12-14-30(15-13-29)24(31)21(18-8-4-2-5-9-18)19-10-6-3-7-11-19/h2-11,16-17,21H,12-15H2,1H3. The summed E-state index contributed by atoms with van der Waals surface area (Å²) in [5, 5.41) is 5.25. The Hall–Kier alpha value is -3.74. The van der Waals surface area contributed by atoms with Crippen LogP contribution < -0.4 is 4.90 Å². The smallest absolute Gasteiger partial charge is 0.234 e. The van der Waals surface area contributed by atoms with E-state index in [1.807, 2.05) is 78.8 Å². The van der Waals surface area contributed by atoms with E-state index >= 15 is 0 Å². The first-order chi connectivity index (χ1) is 15.2. The Morgan fingerprint density at radius 2 is 1.48 bits per heavy atom. The Balaban J connectivity index is 1.37. The van der Waals surface area contributed by atoms with Gasteiger partial charge in [0.2, 0.25) is 5.91 Å². The fourth-order valence-corrected chi connectivity index (χ4v) is 4.29. The maximum atomic E-state index is 13.6. The summed E-state index contributed by atoms with van der Waals surface area (Å²) in [7, 11) is 1.88. The lowest BCUT2D eigenvalue weighted by atomic mass is 9.90. The molecule has 7 heteroatoms. The summed E-state index contributed by atoms with van der Waals surface area (Å²) in [4.78, 5) is 26.6. The van der Waals surface area contributed by atoms with Crippen molar-refractivity contribution in [3.8, 4) is 0 Å². The molecule has 1 aliphatic rings. The number of hydrogen-bond donors (Lipinski definition) is 0. The zero-order chi connectivity index (χ0) is 21.2. The van der Waals surface area contributed by atoms with Crippen LogP contribution in [0.4, 0.5) is 5.82 Å². The first-order valence-corrected chi connectivity index (χ1v) is 10.5. The van der Waals surface area contributed by atoms with Gasteiger partial charge in [-0.2, -0.15) is 5.10 Å². The summed E-state index contributed by atoms with van der Waals surface area (Å²) in [5.74, 6) is 0.733. The summed E-state index contributed by atoms with van der Waals surface area (Å²) < 4.78 is 1.75. The highest BCUT2D eigenvalue weighted by Gasteiger charge is 2.30. The lowest BCUT2D eigenvalue weighted by Crippen LogP contribution is -2.50. The third kappa shape index (κ3) is 3.63. The molecule has 0 aliphatic carbocycles. The average Bonchev–Trinajstić information content (AvgIpc) is 3.22. The van der Waals surface area contributed by atoms with Gasteiger partial charge < -0.3 is 9.80 Å². The number of amides is 1. The number of piperazine rings is 1. The molecule has 31 heavy (non-hydrogen) atoms. The lowest BCUT2D eigenvalue weighted by Gasteiger charge is -2.37. The van der Waals surface area contributed by atoms with Crippen LogP contribution in [0, 0.1) is 0 Å². The molecule has 0 radical (unpaired) electrons. The summed E-state index contributed by atoms with van der Waals surface area (Å²) in [6.07, 6.45) is 3.39. The van der Waals surface area contributed by atoms with E-state index in [-0.39, 0.29) is 11.8 Å². The Bertz CT molecular complexity index is 1140. The molecule has 156 valence electrons. The molecule has 1 aliphatic heterocycles. The quantitative estimate of drug-likeness (QED) is 0.516. The lowest BCUT2D eigenvalue weighted by molar-refractivity contribution is -0.132. The van der Waals surface area contributed by atoms with Crippen LogP contribution >= 0.6 is 0 Å². The first-order valence-electron chi connectivity index (χ1n) is 10.5. The van der Waals surface area contributed by atoms with Crippen molar-refractivity contribution >= 4 is 22.8 Å². The van der Waals surface area contributed by atoms with Crippen molar-refractivity contribution in [2.75, 3.05) is 31.1 Å². The van der Waals surface area contributed by atoms with E-state index in [9.17, 15) is 4.79 Å². The summed E-state index contributed by atoms with van der Waals surface area (Å²) in [6, 6.07) is 20.1. The van der Waals surface area contributed by atoms with Crippen molar-refractivity contribution in [1.82, 2.24) is 24.6 Å². The van der Waals surface area contributed by atoms with Crippen LogP contribution in [-0.4, -0.2) is 56.7 Å². The molecule has 2 aromatic heterocycles. The second-order valence-corrected chi connectivity index (χ2v) is 7.77. The molecule has 1 saturated heterocycles. The summed E-state index contributed by atoms with van der Waals surface area (Å²) in [5.41, 5.74) is 2.86. The van der Waals surface area contributed by atoms with Crippen LogP contribution in [0.15, 0.2) is 73.2 Å². The van der Waals surface area contributed by atoms with Gasteiger partial charge in [-0.15, -0.1) is 0 Å². The van der Waals surface area contributed by atoms with Gasteiger partial charge in [-0.1, -0.05) is 60.7 Å². The average molecular weight is 412 g/mol. The number of nitrogens with zero attached hydrogens (tertiary/aromatic N) is 6. The van der Waals surface area contributed by atoms with Gasteiger partial charge in [0.25, 0.3) is 0 Å². The number of rotatable bonds is 4. The van der Waals surface area contributed by atoms with E-state index in [0.717, 1.165) is 41.1 Å². The van der Waals surface area contributed by atoms with Gasteiger partial charge in [0.15, 0.2) is 5.65 Å². The van der Waals surface area contributed by atoms with Crippen molar-refractivity contribution in [2.24, 2.45) is 7.05 Å². The normalized spacial score (nSPS) is 14.4. The Morgan fingerprint density at radius 1 is 0.871 bits per heavy atom. The van der Waals surface area contributed by atoms with Gasteiger partial charge in [-0.25, -0.2) is 9.97 Å². The Labute approximate surface area is 181 Å². The number of benzene rings is 2. The highest BCUT2D eigenvalue weighted by molar-refractivity contribution is 5.88. The van der Waals surface area contributed by atoms with Gasteiger partial charge in [-0.3, -0.25) is 9.48 Å². The van der Waals surface area contributed by atoms with Crippen LogP contribution in [-0.2, 0) is 11.8 Å². The fraction of sp³-hybridized carbons (Fsp3) is 0.250. The van der Waals surface area contributed by atoms with Crippen molar-refractivity contribution in [1.29, 1.82) is 0 Å². The first kappa shape index (κ1) is 19.2. The van der Waals surface area contributed by atoms with Crippen LogP contribution in [0.5, 0.6) is 0 Å². The van der Waals surface area contributed by atoms with E-state index in [0.29, 0.717) is 13.1 Å². The zero-order valence-corrected chi connectivity index (χ0v) is 17.4. The number of anilines is 1. The molecule has 2 aromatic carbocycles. The van der Waals surface area contributed by atoms with Gasteiger partial charge in [0.1, 0.15) is 12.1 Å². The summed E-state index contributed by atoms with van der Waals surface area (Å²) in [6.45, 7) is 2.76. The molecule has 0 atom stereocenters. The molecule has 5 rings (SSSR count). The minimum atomic E-state index is -0.293. The van der Waals surface area contributed by atoms with E-state index in [1.165, 1.54) is 0 Å². The largest absolute Gasteiger partial charge is 0.352 e. The van der Waals surface area contributed by atoms with Crippen LogP contribution in [0.25, 0.3) is 11.0 Å². The van der Waals surface area contributed by atoms with E-state index in [1.54, 1.807) is 11.0 Å². The van der Waals surface area contributed by atoms with Gasteiger partial charge in [0, 0.05) is 33.2 Å². The van der Waals surface area contributed by atoms with Crippen molar-refractivity contribution in [3.63, 3.8) is 0 Å². The van der Waals surface area contributed by atoms with Crippen LogP contribution in [0.2, 0.25) is 0 Å². The molecule has 0 saturated carbocycles. The topological polar surface area (TPSA) is 67.2 Å². The predicted octanol–water partition coefficient (Wildman–Crippen LogP) is 2.84. The van der Waals surface area contributed by atoms with Crippen LogP contribution in [0.3, 0.4) is 0 Å². The molecule has 4 aromatic rings. The zero-order valence-electron chi connectivity index (χ0n) is 17.4. The van der Waals surface area contributed by atoms with E-state index in [4.69, 9.17) is 0 Å². The minimum Gasteiger partial charge on any atom is -0.352 e.